The van der Waals surface area contributed by atoms with E-state index in [0.29, 0.717) is 17.8 Å². The van der Waals surface area contributed by atoms with E-state index in [1.807, 2.05) is 42.5 Å². The number of para-hydroxylation sites is 2. The molecule has 2 aromatic carbocycles. The number of hydrogen-bond donors (Lipinski definition) is 1. The van der Waals surface area contributed by atoms with Gasteiger partial charge in [-0.1, -0.05) is 24.3 Å². The SMILES string of the molecule is C[C@H]1CCNC(=O)c2cc3ccc(C(=O)Cc4nc5ccccc5n4CCCN(C)C)cc3n21. The lowest BCUT2D eigenvalue weighted by atomic mass is 10.1. The number of nitrogens with zero attached hydrogens (tertiary/aromatic N) is 4. The molecule has 0 unspecified atom stereocenters. The highest BCUT2D eigenvalue weighted by Crippen LogP contribution is 2.29. The van der Waals surface area contributed by atoms with E-state index in [-0.39, 0.29) is 24.2 Å². The first-order chi connectivity index (χ1) is 16.4. The summed E-state index contributed by atoms with van der Waals surface area (Å²) in [7, 11) is 4.14. The number of nitrogens with one attached hydrogen (secondary N) is 1. The molecule has 176 valence electrons. The molecule has 1 aliphatic heterocycles. The Labute approximate surface area is 199 Å². The molecule has 0 fully saturated rings. The molecule has 0 aliphatic carbocycles. The number of rotatable bonds is 7. The second-order valence-electron chi connectivity index (χ2n) is 9.49. The number of Topliss-reactive ketones (excluding diaryl/α,β-unsaturated/α-hetero) is 1. The molecule has 0 saturated carbocycles. The quantitative estimate of drug-likeness (QED) is 0.425. The molecule has 2 aromatic heterocycles. The number of aromatic nitrogens is 3. The van der Waals surface area contributed by atoms with Crippen LogP contribution in [0.5, 0.6) is 0 Å². The largest absolute Gasteiger partial charge is 0.351 e. The van der Waals surface area contributed by atoms with Gasteiger partial charge in [0.05, 0.1) is 17.5 Å². The lowest BCUT2D eigenvalue weighted by Gasteiger charge is -2.15. The summed E-state index contributed by atoms with van der Waals surface area (Å²) in [4.78, 5) is 32.9. The zero-order valence-corrected chi connectivity index (χ0v) is 20.0. The van der Waals surface area contributed by atoms with E-state index in [0.717, 1.165) is 53.7 Å². The molecule has 1 atom stereocenters. The van der Waals surface area contributed by atoms with Gasteiger partial charge < -0.3 is 19.4 Å². The summed E-state index contributed by atoms with van der Waals surface area (Å²) in [6.45, 7) is 4.57. The van der Waals surface area contributed by atoms with Gasteiger partial charge in [-0.05, 0) is 64.7 Å². The Balaban J connectivity index is 1.48. The van der Waals surface area contributed by atoms with Gasteiger partial charge >= 0.3 is 0 Å². The number of carbonyl (C=O) groups excluding carboxylic acids is 2. The van der Waals surface area contributed by atoms with Crippen LogP contribution in [0.2, 0.25) is 0 Å². The summed E-state index contributed by atoms with van der Waals surface area (Å²) in [5.74, 6) is 0.777. The van der Waals surface area contributed by atoms with E-state index >= 15 is 0 Å². The van der Waals surface area contributed by atoms with Crippen LogP contribution in [0.1, 0.15) is 52.5 Å². The Morgan fingerprint density at radius 3 is 2.79 bits per heavy atom. The van der Waals surface area contributed by atoms with Crippen molar-refractivity contribution in [2.75, 3.05) is 27.2 Å². The molecule has 34 heavy (non-hydrogen) atoms. The first kappa shape index (κ1) is 22.3. The van der Waals surface area contributed by atoms with Crippen LogP contribution in [0.25, 0.3) is 21.9 Å². The molecule has 0 saturated heterocycles. The van der Waals surface area contributed by atoms with Gasteiger partial charge in [-0.3, -0.25) is 9.59 Å². The third kappa shape index (κ3) is 4.12. The van der Waals surface area contributed by atoms with Crippen molar-refractivity contribution in [3.05, 3.63) is 65.6 Å². The minimum atomic E-state index is -0.0557. The van der Waals surface area contributed by atoms with Crippen LogP contribution in [-0.2, 0) is 13.0 Å². The first-order valence-corrected chi connectivity index (χ1v) is 12.0. The average Bonchev–Trinajstić information content (AvgIpc) is 3.32. The van der Waals surface area contributed by atoms with Crippen molar-refractivity contribution in [2.24, 2.45) is 0 Å². The van der Waals surface area contributed by atoms with Gasteiger partial charge in [0.1, 0.15) is 11.5 Å². The second-order valence-corrected chi connectivity index (χ2v) is 9.49. The van der Waals surface area contributed by atoms with Crippen molar-refractivity contribution >= 4 is 33.6 Å². The monoisotopic (exact) mass is 457 g/mol. The molecule has 1 amide bonds. The van der Waals surface area contributed by atoms with Crippen molar-refractivity contribution in [2.45, 2.75) is 38.8 Å². The zero-order chi connectivity index (χ0) is 23.8. The van der Waals surface area contributed by atoms with Crippen molar-refractivity contribution in [3.8, 4) is 0 Å². The molecule has 7 heteroatoms. The number of carbonyl (C=O) groups is 2. The molecule has 1 aliphatic rings. The van der Waals surface area contributed by atoms with Gasteiger partial charge in [0.25, 0.3) is 5.91 Å². The van der Waals surface area contributed by atoms with Gasteiger partial charge in [0.2, 0.25) is 0 Å². The third-order valence-electron chi connectivity index (χ3n) is 6.72. The minimum Gasteiger partial charge on any atom is -0.351 e. The Bertz CT molecular complexity index is 1380. The standard InChI is InChI=1S/C27H31N5O2/c1-18-11-12-28-27(34)24-15-19-9-10-20(16-23(19)32(18)24)25(33)17-26-29-21-7-4-5-8-22(21)31(26)14-6-13-30(2)3/h4-5,7-10,15-16,18H,6,11-14,17H2,1-3H3,(H,28,34)/t18-/m0/s1. The number of hydrogen-bond acceptors (Lipinski definition) is 4. The molecule has 4 aromatic rings. The fourth-order valence-electron chi connectivity index (χ4n) is 4.96. The summed E-state index contributed by atoms with van der Waals surface area (Å²) in [6.07, 6.45) is 2.08. The minimum absolute atomic E-state index is 0.0346. The van der Waals surface area contributed by atoms with E-state index in [4.69, 9.17) is 4.98 Å². The van der Waals surface area contributed by atoms with Crippen LogP contribution >= 0.6 is 0 Å². The molecule has 0 spiro atoms. The molecule has 5 rings (SSSR count). The topological polar surface area (TPSA) is 72.2 Å². The van der Waals surface area contributed by atoms with Crippen LogP contribution in [0.4, 0.5) is 0 Å². The van der Waals surface area contributed by atoms with E-state index in [2.05, 4.69) is 46.4 Å². The predicted octanol–water partition coefficient (Wildman–Crippen LogP) is 4.06. The van der Waals surface area contributed by atoms with Gasteiger partial charge in [-0.15, -0.1) is 0 Å². The van der Waals surface area contributed by atoms with Crippen molar-refractivity contribution in [1.82, 2.24) is 24.3 Å². The van der Waals surface area contributed by atoms with E-state index in [1.165, 1.54) is 0 Å². The lowest BCUT2D eigenvalue weighted by Crippen LogP contribution is -2.22. The fourth-order valence-corrected chi connectivity index (χ4v) is 4.96. The van der Waals surface area contributed by atoms with Crippen molar-refractivity contribution in [1.29, 1.82) is 0 Å². The maximum absolute atomic E-state index is 13.4. The molecule has 3 heterocycles. The molecule has 0 bridgehead atoms. The first-order valence-electron chi connectivity index (χ1n) is 12.0. The van der Waals surface area contributed by atoms with Crippen LogP contribution in [-0.4, -0.2) is 57.9 Å². The summed E-state index contributed by atoms with van der Waals surface area (Å²) in [5, 5.41) is 3.94. The number of imidazole rings is 1. The lowest BCUT2D eigenvalue weighted by molar-refractivity contribution is 0.0950. The summed E-state index contributed by atoms with van der Waals surface area (Å²) in [5.41, 5.74) is 4.23. The fraction of sp³-hybridized carbons (Fsp3) is 0.370. The predicted molar refractivity (Wildman–Crippen MR) is 135 cm³/mol. The van der Waals surface area contributed by atoms with Crippen LogP contribution in [0.15, 0.2) is 48.5 Å². The highest BCUT2D eigenvalue weighted by molar-refractivity contribution is 6.03. The molecular formula is C27H31N5O2. The van der Waals surface area contributed by atoms with Gasteiger partial charge in [0.15, 0.2) is 5.78 Å². The number of amides is 1. The Morgan fingerprint density at radius 1 is 1.15 bits per heavy atom. The maximum atomic E-state index is 13.4. The van der Waals surface area contributed by atoms with Crippen molar-refractivity contribution < 1.29 is 9.59 Å². The number of fused-ring (bicyclic) bond motifs is 4. The third-order valence-corrected chi connectivity index (χ3v) is 6.72. The number of aryl methyl sites for hydroxylation is 1. The molecular weight excluding hydrogens is 426 g/mol. The number of ketones is 1. The van der Waals surface area contributed by atoms with Gasteiger partial charge in [-0.2, -0.15) is 0 Å². The second kappa shape index (κ2) is 9.06. The molecule has 1 N–H and O–H groups in total. The summed E-state index contributed by atoms with van der Waals surface area (Å²) < 4.78 is 4.26. The van der Waals surface area contributed by atoms with Crippen LogP contribution < -0.4 is 5.32 Å². The Morgan fingerprint density at radius 2 is 1.97 bits per heavy atom. The Hall–Kier alpha value is -3.45. The van der Waals surface area contributed by atoms with E-state index < -0.39 is 0 Å². The highest BCUT2D eigenvalue weighted by Gasteiger charge is 2.23. The molecule has 7 nitrogen and oxygen atoms in total. The molecule has 0 radical (unpaired) electrons. The van der Waals surface area contributed by atoms with Crippen LogP contribution in [0, 0.1) is 0 Å². The summed E-state index contributed by atoms with van der Waals surface area (Å²) >= 11 is 0. The zero-order valence-electron chi connectivity index (χ0n) is 20.0. The Kier molecular flexibility index (Phi) is 5.96. The number of benzene rings is 2. The summed E-state index contributed by atoms with van der Waals surface area (Å²) in [6, 6.07) is 15.9. The van der Waals surface area contributed by atoms with Gasteiger partial charge in [0, 0.05) is 35.6 Å². The van der Waals surface area contributed by atoms with Gasteiger partial charge in [-0.25, -0.2) is 4.98 Å². The van der Waals surface area contributed by atoms with Crippen LogP contribution in [0.3, 0.4) is 0 Å². The average molecular weight is 458 g/mol. The maximum Gasteiger partial charge on any atom is 0.267 e. The smallest absolute Gasteiger partial charge is 0.267 e. The van der Waals surface area contributed by atoms with Crippen molar-refractivity contribution in [3.63, 3.8) is 0 Å². The van der Waals surface area contributed by atoms with E-state index in [1.54, 1.807) is 0 Å². The van der Waals surface area contributed by atoms with E-state index in [9.17, 15) is 9.59 Å². The normalized spacial score (nSPS) is 16.1. The highest BCUT2D eigenvalue weighted by atomic mass is 16.2.